The van der Waals surface area contributed by atoms with Gasteiger partial charge in [-0.05, 0) is 17.0 Å². The van der Waals surface area contributed by atoms with Crippen LogP contribution in [0.2, 0.25) is 0 Å². The van der Waals surface area contributed by atoms with Gasteiger partial charge in [0.25, 0.3) is 0 Å². The van der Waals surface area contributed by atoms with Crippen LogP contribution in [0.15, 0.2) is 18.3 Å². The third-order valence-corrected chi connectivity index (χ3v) is 3.35. The molecule has 2 N–H and O–H groups in total. The van der Waals surface area contributed by atoms with Crippen molar-refractivity contribution in [3.63, 3.8) is 0 Å². The summed E-state index contributed by atoms with van der Waals surface area (Å²) in [6.45, 7) is 3.74. The Bertz CT molecular complexity index is 412. The van der Waals surface area contributed by atoms with Crippen LogP contribution in [0.3, 0.4) is 0 Å². The van der Waals surface area contributed by atoms with Crippen LogP contribution in [0.1, 0.15) is 31.0 Å². The van der Waals surface area contributed by atoms with E-state index in [1.165, 1.54) is 12.1 Å². The van der Waals surface area contributed by atoms with Crippen LogP contribution in [0, 0.1) is 5.41 Å². The molecule has 1 aromatic heterocycles. The highest BCUT2D eigenvalue weighted by atomic mass is 19.4. The largest absolute Gasteiger partial charge is 0.433 e. The van der Waals surface area contributed by atoms with E-state index in [0.29, 0.717) is 0 Å². The Balaban J connectivity index is 2.44. The van der Waals surface area contributed by atoms with Gasteiger partial charge in [0, 0.05) is 18.2 Å². The monoisotopic (exact) mass is 230 g/mol. The molecule has 5 heteroatoms. The molecule has 88 valence electrons. The molecule has 0 amide bonds. The van der Waals surface area contributed by atoms with E-state index in [-0.39, 0.29) is 22.9 Å². The molecule has 0 radical (unpaired) electrons. The number of nitrogens with zero attached hydrogens (tertiary/aromatic N) is 1. The van der Waals surface area contributed by atoms with Crippen LogP contribution in [0.25, 0.3) is 0 Å². The molecule has 0 spiro atoms. The molecular weight excluding hydrogens is 217 g/mol. The minimum Gasteiger partial charge on any atom is -0.327 e. The maximum Gasteiger partial charge on any atom is 0.433 e. The molecule has 2 unspecified atom stereocenters. The molecule has 16 heavy (non-hydrogen) atoms. The number of alkyl halides is 3. The molecule has 0 aromatic carbocycles. The maximum atomic E-state index is 12.7. The van der Waals surface area contributed by atoms with Crippen LogP contribution in [-0.4, -0.2) is 11.0 Å². The summed E-state index contributed by atoms with van der Waals surface area (Å²) < 4.78 is 38.1. The molecule has 0 bridgehead atoms. The van der Waals surface area contributed by atoms with E-state index < -0.39 is 11.9 Å². The average molecular weight is 230 g/mol. The van der Waals surface area contributed by atoms with Crippen molar-refractivity contribution in [3.8, 4) is 0 Å². The number of hydrogen-bond acceptors (Lipinski definition) is 2. The Morgan fingerprint density at radius 3 is 2.38 bits per heavy atom. The molecule has 1 fully saturated rings. The van der Waals surface area contributed by atoms with Crippen molar-refractivity contribution in [2.75, 3.05) is 0 Å². The first-order valence-electron chi connectivity index (χ1n) is 5.04. The first kappa shape index (κ1) is 11.4. The van der Waals surface area contributed by atoms with Gasteiger partial charge in [0.1, 0.15) is 5.69 Å². The van der Waals surface area contributed by atoms with E-state index in [1.54, 1.807) is 0 Å². The SMILES string of the molecule is CC1(C)C(N)C1c1cccnc1C(F)(F)F. The van der Waals surface area contributed by atoms with Gasteiger partial charge in [0.15, 0.2) is 0 Å². The van der Waals surface area contributed by atoms with Crippen LogP contribution in [0.4, 0.5) is 13.2 Å². The summed E-state index contributed by atoms with van der Waals surface area (Å²) in [6, 6.07) is 2.76. The van der Waals surface area contributed by atoms with Crippen molar-refractivity contribution in [2.45, 2.75) is 32.0 Å². The summed E-state index contributed by atoms with van der Waals surface area (Å²) in [5.74, 6) is -0.252. The zero-order valence-corrected chi connectivity index (χ0v) is 9.05. The van der Waals surface area contributed by atoms with Crippen LogP contribution in [-0.2, 0) is 6.18 Å². The predicted molar refractivity (Wildman–Crippen MR) is 53.7 cm³/mol. The van der Waals surface area contributed by atoms with Crippen LogP contribution >= 0.6 is 0 Å². The minimum atomic E-state index is -4.41. The summed E-state index contributed by atoms with van der Waals surface area (Å²) in [5, 5.41) is 0. The van der Waals surface area contributed by atoms with Gasteiger partial charge in [-0.25, -0.2) is 0 Å². The van der Waals surface area contributed by atoms with Crippen molar-refractivity contribution in [1.82, 2.24) is 4.98 Å². The molecule has 2 nitrogen and oxygen atoms in total. The zero-order chi connectivity index (χ0) is 12.1. The molecule has 2 rings (SSSR count). The summed E-state index contributed by atoms with van der Waals surface area (Å²) in [6.07, 6.45) is -3.25. The average Bonchev–Trinajstić information content (AvgIpc) is 2.65. The highest BCUT2D eigenvalue weighted by molar-refractivity contribution is 5.37. The predicted octanol–water partition coefficient (Wildman–Crippen LogP) is 2.55. The third kappa shape index (κ3) is 1.59. The fraction of sp³-hybridized carbons (Fsp3) is 0.545. The van der Waals surface area contributed by atoms with Crippen molar-refractivity contribution in [3.05, 3.63) is 29.6 Å². The van der Waals surface area contributed by atoms with Crippen LogP contribution < -0.4 is 5.73 Å². The Kier molecular flexibility index (Phi) is 2.28. The molecule has 1 aromatic rings. The van der Waals surface area contributed by atoms with E-state index in [0.717, 1.165) is 6.20 Å². The van der Waals surface area contributed by atoms with Crippen LogP contribution in [0.5, 0.6) is 0 Å². The number of hydrogen-bond donors (Lipinski definition) is 1. The normalized spacial score (nSPS) is 27.9. The number of aromatic nitrogens is 1. The Morgan fingerprint density at radius 1 is 1.38 bits per heavy atom. The lowest BCUT2D eigenvalue weighted by Gasteiger charge is -2.11. The molecule has 1 heterocycles. The lowest BCUT2D eigenvalue weighted by molar-refractivity contribution is -0.141. The van der Waals surface area contributed by atoms with Gasteiger partial charge in [-0.15, -0.1) is 0 Å². The number of rotatable bonds is 1. The highest BCUT2D eigenvalue weighted by Crippen LogP contribution is 2.58. The summed E-state index contributed by atoms with van der Waals surface area (Å²) >= 11 is 0. The van der Waals surface area contributed by atoms with Crippen molar-refractivity contribution >= 4 is 0 Å². The fourth-order valence-corrected chi connectivity index (χ4v) is 2.18. The second-order valence-electron chi connectivity index (χ2n) is 4.76. The van der Waals surface area contributed by atoms with Gasteiger partial charge in [-0.1, -0.05) is 19.9 Å². The smallest absolute Gasteiger partial charge is 0.327 e. The lowest BCUT2D eigenvalue weighted by atomic mass is 10.0. The van der Waals surface area contributed by atoms with Gasteiger partial charge >= 0.3 is 6.18 Å². The first-order chi connectivity index (χ1) is 7.26. The fourth-order valence-electron chi connectivity index (χ4n) is 2.18. The van der Waals surface area contributed by atoms with E-state index in [1.807, 2.05) is 13.8 Å². The molecule has 1 saturated carbocycles. The second-order valence-corrected chi connectivity index (χ2v) is 4.76. The topological polar surface area (TPSA) is 38.9 Å². The molecule has 0 aliphatic heterocycles. The molecular formula is C11H13F3N2. The Hall–Kier alpha value is -1.10. The third-order valence-electron chi connectivity index (χ3n) is 3.35. The first-order valence-corrected chi connectivity index (χ1v) is 5.04. The highest BCUT2D eigenvalue weighted by Gasteiger charge is 2.58. The zero-order valence-electron chi connectivity index (χ0n) is 9.05. The summed E-state index contributed by atoms with van der Waals surface area (Å²) in [4.78, 5) is 3.43. The van der Waals surface area contributed by atoms with Gasteiger partial charge in [-0.3, -0.25) is 4.98 Å². The number of nitrogens with two attached hydrogens (primary N) is 1. The number of pyridine rings is 1. The van der Waals surface area contributed by atoms with Gasteiger partial charge < -0.3 is 5.73 Å². The molecule has 1 aliphatic rings. The van der Waals surface area contributed by atoms with E-state index >= 15 is 0 Å². The molecule has 0 saturated heterocycles. The Labute approximate surface area is 91.7 Å². The van der Waals surface area contributed by atoms with E-state index in [2.05, 4.69) is 4.98 Å². The minimum absolute atomic E-state index is 0.215. The number of halogens is 3. The van der Waals surface area contributed by atoms with Crippen molar-refractivity contribution in [2.24, 2.45) is 11.1 Å². The summed E-state index contributed by atoms with van der Waals surface area (Å²) in [7, 11) is 0. The summed E-state index contributed by atoms with van der Waals surface area (Å²) in [5.41, 5.74) is 4.93. The Morgan fingerprint density at radius 2 is 1.94 bits per heavy atom. The van der Waals surface area contributed by atoms with Gasteiger partial charge in [0.2, 0.25) is 0 Å². The van der Waals surface area contributed by atoms with Gasteiger partial charge in [-0.2, -0.15) is 13.2 Å². The molecule has 2 atom stereocenters. The quantitative estimate of drug-likeness (QED) is 0.805. The van der Waals surface area contributed by atoms with Crippen molar-refractivity contribution in [1.29, 1.82) is 0 Å². The van der Waals surface area contributed by atoms with Crippen molar-refractivity contribution < 1.29 is 13.2 Å². The van der Waals surface area contributed by atoms with E-state index in [4.69, 9.17) is 5.73 Å². The second kappa shape index (κ2) is 3.20. The maximum absolute atomic E-state index is 12.7. The lowest BCUT2D eigenvalue weighted by Crippen LogP contribution is -2.13. The molecule has 1 aliphatic carbocycles. The standard InChI is InChI=1S/C11H13F3N2/c1-10(2)7(8(10)15)6-4-3-5-16-9(6)11(12,13)14/h3-5,7-8H,15H2,1-2H3. The van der Waals surface area contributed by atoms with E-state index in [9.17, 15) is 13.2 Å². The van der Waals surface area contributed by atoms with Gasteiger partial charge in [0.05, 0.1) is 0 Å².